The van der Waals surface area contributed by atoms with Crippen molar-refractivity contribution < 1.29 is 17.7 Å². The van der Waals surface area contributed by atoms with E-state index in [1.165, 1.54) is 6.26 Å². The molecule has 21 heavy (non-hydrogen) atoms. The van der Waals surface area contributed by atoms with Crippen molar-refractivity contribution in [3.8, 4) is 0 Å². The highest BCUT2D eigenvalue weighted by Gasteiger charge is 2.52. The Morgan fingerprint density at radius 3 is 1.86 bits per heavy atom. The summed E-state index contributed by atoms with van der Waals surface area (Å²) in [6.45, 7) is 11.7. The molecule has 1 aliphatic rings. The van der Waals surface area contributed by atoms with E-state index in [0.29, 0.717) is 4.90 Å². The van der Waals surface area contributed by atoms with Crippen LogP contribution in [-0.2, 0) is 19.1 Å². The summed E-state index contributed by atoms with van der Waals surface area (Å²) in [5, 5.41) is 0. The zero-order chi connectivity index (χ0) is 16.2. The van der Waals surface area contributed by atoms with Gasteiger partial charge in [0.2, 0.25) is 0 Å². The zero-order valence-electron chi connectivity index (χ0n) is 13.8. The van der Waals surface area contributed by atoms with Crippen LogP contribution in [0.15, 0.2) is 17.0 Å². The van der Waals surface area contributed by atoms with Crippen molar-refractivity contribution >= 4 is 22.4 Å². The fourth-order valence-corrected chi connectivity index (χ4v) is 3.46. The third kappa shape index (κ3) is 2.89. The van der Waals surface area contributed by atoms with Gasteiger partial charge >= 0.3 is 7.12 Å². The molecular formula is C15H23BO4S. The van der Waals surface area contributed by atoms with Crippen LogP contribution in [0, 0.1) is 13.8 Å². The lowest BCUT2D eigenvalue weighted by atomic mass is 9.76. The minimum atomic E-state index is -3.27. The molecule has 1 fully saturated rings. The zero-order valence-corrected chi connectivity index (χ0v) is 14.6. The largest absolute Gasteiger partial charge is 0.495 e. The summed E-state index contributed by atoms with van der Waals surface area (Å²) in [5.41, 5.74) is 1.61. The van der Waals surface area contributed by atoms with Crippen molar-refractivity contribution in [3.05, 3.63) is 23.3 Å². The molecule has 1 aromatic rings. The van der Waals surface area contributed by atoms with Gasteiger partial charge in [0, 0.05) is 6.26 Å². The molecule has 0 bridgehead atoms. The molecule has 0 N–H and O–H groups in total. The Hall–Kier alpha value is -0.845. The Kier molecular flexibility index (Phi) is 3.80. The van der Waals surface area contributed by atoms with E-state index >= 15 is 0 Å². The molecular weight excluding hydrogens is 287 g/mol. The van der Waals surface area contributed by atoms with Gasteiger partial charge in [-0.2, -0.15) is 0 Å². The van der Waals surface area contributed by atoms with Crippen molar-refractivity contribution in [2.24, 2.45) is 0 Å². The molecule has 1 heterocycles. The quantitative estimate of drug-likeness (QED) is 0.784. The maximum absolute atomic E-state index is 11.9. The maximum Gasteiger partial charge on any atom is 0.495 e. The molecule has 0 amide bonds. The van der Waals surface area contributed by atoms with Gasteiger partial charge in [-0.15, -0.1) is 0 Å². The molecule has 0 saturated carbocycles. The van der Waals surface area contributed by atoms with Crippen LogP contribution in [-0.4, -0.2) is 33.0 Å². The number of hydrogen-bond donors (Lipinski definition) is 0. The molecule has 0 aromatic heterocycles. The Balaban J connectivity index is 2.52. The highest BCUT2D eigenvalue weighted by atomic mass is 32.2. The highest BCUT2D eigenvalue weighted by Crippen LogP contribution is 2.36. The predicted molar refractivity (Wildman–Crippen MR) is 84.7 cm³/mol. The molecule has 0 radical (unpaired) electrons. The molecule has 4 nitrogen and oxygen atoms in total. The predicted octanol–water partition coefficient (Wildman–Crippen LogP) is 2.01. The lowest BCUT2D eigenvalue weighted by Gasteiger charge is -2.32. The molecule has 6 heteroatoms. The van der Waals surface area contributed by atoms with Gasteiger partial charge in [0.05, 0.1) is 16.1 Å². The van der Waals surface area contributed by atoms with Crippen LogP contribution in [0.1, 0.15) is 38.8 Å². The second kappa shape index (κ2) is 4.83. The minimum Gasteiger partial charge on any atom is -0.399 e. The Labute approximate surface area is 127 Å². The Morgan fingerprint density at radius 2 is 1.43 bits per heavy atom. The first-order valence-electron chi connectivity index (χ1n) is 7.02. The fourth-order valence-electron chi connectivity index (χ4n) is 2.47. The summed E-state index contributed by atoms with van der Waals surface area (Å²) in [5.74, 6) is 0. The maximum atomic E-state index is 11.9. The van der Waals surface area contributed by atoms with E-state index in [1.54, 1.807) is 13.0 Å². The van der Waals surface area contributed by atoms with Gasteiger partial charge in [0.15, 0.2) is 9.84 Å². The van der Waals surface area contributed by atoms with Gasteiger partial charge in [0.1, 0.15) is 0 Å². The molecule has 0 spiro atoms. The van der Waals surface area contributed by atoms with Crippen LogP contribution in [0.3, 0.4) is 0 Å². The second-order valence-corrected chi connectivity index (χ2v) is 8.82. The Bertz CT molecular complexity index is 661. The van der Waals surface area contributed by atoms with Gasteiger partial charge in [-0.25, -0.2) is 8.42 Å². The van der Waals surface area contributed by atoms with E-state index in [2.05, 4.69) is 0 Å². The van der Waals surface area contributed by atoms with E-state index in [1.807, 2.05) is 40.7 Å². The van der Waals surface area contributed by atoms with E-state index in [0.717, 1.165) is 16.6 Å². The van der Waals surface area contributed by atoms with Crippen molar-refractivity contribution in [2.45, 2.75) is 57.6 Å². The third-order valence-corrected chi connectivity index (χ3v) is 5.71. The number of benzene rings is 1. The summed E-state index contributed by atoms with van der Waals surface area (Å²) in [6.07, 6.45) is 1.22. The standard InChI is InChI=1S/C15H23BO4S/c1-10-8-11(2)13(21(7,17)18)9-12(10)16-19-14(3,4)15(5,6)20-16/h8-9H,1-7H3. The van der Waals surface area contributed by atoms with Crippen molar-refractivity contribution in [3.63, 3.8) is 0 Å². The molecule has 1 aromatic carbocycles. The summed E-state index contributed by atoms with van der Waals surface area (Å²) in [4.78, 5) is 0.331. The molecule has 116 valence electrons. The molecule has 0 aliphatic carbocycles. The highest BCUT2D eigenvalue weighted by molar-refractivity contribution is 7.90. The van der Waals surface area contributed by atoms with E-state index in [9.17, 15) is 8.42 Å². The average molecular weight is 310 g/mol. The van der Waals surface area contributed by atoms with Crippen LogP contribution in [0.25, 0.3) is 0 Å². The van der Waals surface area contributed by atoms with Crippen molar-refractivity contribution in [1.82, 2.24) is 0 Å². The van der Waals surface area contributed by atoms with Gasteiger partial charge in [-0.1, -0.05) is 11.6 Å². The normalized spacial score (nSPS) is 20.8. The SMILES string of the molecule is Cc1cc(C)c(S(C)(=O)=O)cc1B1OC(C)(C)C(C)(C)O1. The summed E-state index contributed by atoms with van der Waals surface area (Å²) >= 11 is 0. The minimum absolute atomic E-state index is 0.331. The fraction of sp³-hybridized carbons (Fsp3) is 0.600. The topological polar surface area (TPSA) is 52.6 Å². The molecule has 1 saturated heterocycles. The van der Waals surface area contributed by atoms with Gasteiger partial charge in [-0.05, 0) is 58.6 Å². The van der Waals surface area contributed by atoms with Crippen molar-refractivity contribution in [2.75, 3.05) is 6.26 Å². The van der Waals surface area contributed by atoms with Gasteiger partial charge in [0.25, 0.3) is 0 Å². The van der Waals surface area contributed by atoms with E-state index in [-0.39, 0.29) is 0 Å². The molecule has 0 atom stereocenters. The first-order chi connectivity index (χ1) is 9.35. The van der Waals surface area contributed by atoms with Crippen LogP contribution in [0.5, 0.6) is 0 Å². The lowest BCUT2D eigenvalue weighted by molar-refractivity contribution is 0.00578. The van der Waals surface area contributed by atoms with Crippen LogP contribution < -0.4 is 5.46 Å². The first-order valence-corrected chi connectivity index (χ1v) is 8.91. The molecule has 1 aliphatic heterocycles. The number of sulfone groups is 1. The van der Waals surface area contributed by atoms with Crippen LogP contribution >= 0.6 is 0 Å². The summed E-state index contributed by atoms with van der Waals surface area (Å²) < 4.78 is 35.9. The monoisotopic (exact) mass is 310 g/mol. The van der Waals surface area contributed by atoms with E-state index in [4.69, 9.17) is 9.31 Å². The molecule has 2 rings (SSSR count). The second-order valence-electron chi connectivity index (χ2n) is 6.83. The van der Waals surface area contributed by atoms with Gasteiger partial charge < -0.3 is 9.31 Å². The summed E-state index contributed by atoms with van der Waals surface area (Å²) in [7, 11) is -3.82. The van der Waals surface area contributed by atoms with E-state index < -0.39 is 28.2 Å². The van der Waals surface area contributed by atoms with Gasteiger partial charge in [-0.3, -0.25) is 0 Å². The molecule has 0 unspecified atom stereocenters. The average Bonchev–Trinajstić information content (AvgIpc) is 2.45. The lowest BCUT2D eigenvalue weighted by Crippen LogP contribution is -2.41. The third-order valence-electron chi connectivity index (χ3n) is 4.47. The van der Waals surface area contributed by atoms with Crippen LogP contribution in [0.4, 0.5) is 0 Å². The first kappa shape index (κ1) is 16.5. The summed E-state index contributed by atoms with van der Waals surface area (Å²) in [6, 6.07) is 3.55. The number of rotatable bonds is 2. The van der Waals surface area contributed by atoms with Crippen LogP contribution in [0.2, 0.25) is 0 Å². The Morgan fingerprint density at radius 1 is 0.952 bits per heavy atom. The smallest absolute Gasteiger partial charge is 0.399 e. The van der Waals surface area contributed by atoms with Crippen molar-refractivity contribution in [1.29, 1.82) is 0 Å². The number of aryl methyl sites for hydroxylation is 2. The number of hydrogen-bond acceptors (Lipinski definition) is 4.